The van der Waals surface area contributed by atoms with E-state index in [0.29, 0.717) is 28.8 Å². The monoisotopic (exact) mass is 458 g/mol. The third-order valence-electron chi connectivity index (χ3n) is 4.01. The number of amides is 1. The molecular weight excluding hydrogens is 439 g/mol. The summed E-state index contributed by atoms with van der Waals surface area (Å²) in [7, 11) is 0. The van der Waals surface area contributed by atoms with Gasteiger partial charge in [0.1, 0.15) is 12.4 Å². The van der Waals surface area contributed by atoms with Gasteiger partial charge >= 0.3 is 0 Å². The number of hydrogen-bond acceptors (Lipinski definition) is 4. The number of thioether (sulfide) groups is 1. The van der Waals surface area contributed by atoms with Crippen molar-refractivity contribution in [1.29, 1.82) is 0 Å². The molecule has 0 atom stereocenters. The molecule has 0 aliphatic heterocycles. The molecule has 0 saturated carbocycles. The second-order valence-electron chi connectivity index (χ2n) is 6.33. The first kappa shape index (κ1) is 22.2. The molecule has 3 aromatic rings. The van der Waals surface area contributed by atoms with Crippen LogP contribution in [-0.4, -0.2) is 17.9 Å². The Morgan fingerprint density at radius 2 is 1.57 bits per heavy atom. The second-order valence-corrected chi connectivity index (χ2v) is 8.37. The van der Waals surface area contributed by atoms with Crippen molar-refractivity contribution in [3.8, 4) is 5.75 Å². The SMILES string of the molecule is O=C(CCSc1ccc(Cl)cc1)N/N=C/c1ccc(OCc2ccc(Cl)cc2)cc1. The van der Waals surface area contributed by atoms with E-state index in [1.165, 1.54) is 0 Å². The zero-order valence-electron chi connectivity index (χ0n) is 16.1. The van der Waals surface area contributed by atoms with Gasteiger partial charge in [0.25, 0.3) is 0 Å². The van der Waals surface area contributed by atoms with Gasteiger partial charge in [-0.05, 0) is 71.8 Å². The lowest BCUT2D eigenvalue weighted by Gasteiger charge is -2.06. The fourth-order valence-corrected chi connectivity index (χ4v) is 3.53. The Balaban J connectivity index is 1.37. The minimum absolute atomic E-state index is 0.129. The van der Waals surface area contributed by atoms with Crippen molar-refractivity contribution < 1.29 is 9.53 Å². The third kappa shape index (κ3) is 7.75. The Morgan fingerprint density at radius 1 is 0.933 bits per heavy atom. The van der Waals surface area contributed by atoms with Gasteiger partial charge in [0, 0.05) is 27.1 Å². The van der Waals surface area contributed by atoms with E-state index in [2.05, 4.69) is 10.5 Å². The second kappa shape index (κ2) is 11.6. The summed E-state index contributed by atoms with van der Waals surface area (Å²) in [5, 5.41) is 5.41. The Hall–Kier alpha value is -2.47. The summed E-state index contributed by atoms with van der Waals surface area (Å²) in [5.41, 5.74) is 4.46. The molecule has 154 valence electrons. The van der Waals surface area contributed by atoms with Crippen LogP contribution in [0.2, 0.25) is 10.0 Å². The largest absolute Gasteiger partial charge is 0.489 e. The molecule has 0 radical (unpaired) electrons. The predicted octanol–water partition coefficient (Wildman–Crippen LogP) is 6.20. The summed E-state index contributed by atoms with van der Waals surface area (Å²) in [5.74, 6) is 1.30. The Bertz CT molecular complexity index is 976. The molecule has 1 amide bonds. The highest BCUT2D eigenvalue weighted by Gasteiger charge is 2.01. The van der Waals surface area contributed by atoms with Crippen molar-refractivity contribution in [3.63, 3.8) is 0 Å². The van der Waals surface area contributed by atoms with Gasteiger partial charge in [0.05, 0.1) is 6.21 Å². The number of hydrogen-bond donors (Lipinski definition) is 1. The molecule has 7 heteroatoms. The normalized spacial score (nSPS) is 10.9. The van der Waals surface area contributed by atoms with Gasteiger partial charge in [0.2, 0.25) is 5.91 Å². The highest BCUT2D eigenvalue weighted by atomic mass is 35.5. The molecule has 0 saturated heterocycles. The van der Waals surface area contributed by atoms with Crippen LogP contribution < -0.4 is 10.2 Å². The van der Waals surface area contributed by atoms with Crippen LogP contribution in [0.1, 0.15) is 17.5 Å². The standard InChI is InChI=1S/C23H20Cl2N2O2S/c24-19-5-1-18(2-6-19)16-29-21-9-3-17(4-10-21)15-26-27-23(28)13-14-30-22-11-7-20(25)8-12-22/h1-12,15H,13-14,16H2,(H,27,28)/b26-15+. The van der Waals surface area contributed by atoms with Gasteiger partial charge in [-0.2, -0.15) is 5.10 Å². The van der Waals surface area contributed by atoms with E-state index in [1.54, 1.807) is 18.0 Å². The van der Waals surface area contributed by atoms with Crippen LogP contribution in [0, 0.1) is 0 Å². The van der Waals surface area contributed by atoms with Crippen LogP contribution in [0.25, 0.3) is 0 Å². The van der Waals surface area contributed by atoms with E-state index < -0.39 is 0 Å². The van der Waals surface area contributed by atoms with Gasteiger partial charge in [-0.1, -0.05) is 35.3 Å². The highest BCUT2D eigenvalue weighted by molar-refractivity contribution is 7.99. The van der Waals surface area contributed by atoms with Crippen molar-refractivity contribution in [2.45, 2.75) is 17.9 Å². The maximum Gasteiger partial charge on any atom is 0.240 e. The predicted molar refractivity (Wildman–Crippen MR) is 125 cm³/mol. The molecule has 1 N–H and O–H groups in total. The molecule has 0 heterocycles. The summed E-state index contributed by atoms with van der Waals surface area (Å²) < 4.78 is 5.75. The lowest BCUT2D eigenvalue weighted by molar-refractivity contribution is -0.120. The fourth-order valence-electron chi connectivity index (χ4n) is 2.42. The van der Waals surface area contributed by atoms with E-state index in [4.69, 9.17) is 27.9 Å². The molecule has 0 aliphatic rings. The van der Waals surface area contributed by atoms with Crippen molar-refractivity contribution in [1.82, 2.24) is 5.43 Å². The first-order valence-electron chi connectivity index (χ1n) is 9.26. The highest BCUT2D eigenvalue weighted by Crippen LogP contribution is 2.21. The zero-order chi connectivity index (χ0) is 21.2. The molecule has 0 fully saturated rings. The number of nitrogens with zero attached hydrogens (tertiary/aromatic N) is 1. The van der Waals surface area contributed by atoms with Gasteiger partial charge in [-0.25, -0.2) is 5.43 Å². The lowest BCUT2D eigenvalue weighted by atomic mass is 10.2. The first-order valence-corrected chi connectivity index (χ1v) is 11.0. The topological polar surface area (TPSA) is 50.7 Å². The van der Waals surface area contributed by atoms with Gasteiger partial charge in [0.15, 0.2) is 0 Å². The van der Waals surface area contributed by atoms with E-state index in [0.717, 1.165) is 21.8 Å². The van der Waals surface area contributed by atoms with Crippen LogP contribution in [0.15, 0.2) is 82.8 Å². The fraction of sp³-hybridized carbons (Fsp3) is 0.130. The smallest absolute Gasteiger partial charge is 0.240 e. The van der Waals surface area contributed by atoms with Crippen molar-refractivity contribution in [2.75, 3.05) is 5.75 Å². The number of hydrazone groups is 1. The Labute approximate surface area is 190 Å². The van der Waals surface area contributed by atoms with Gasteiger partial charge < -0.3 is 4.74 Å². The minimum atomic E-state index is -0.129. The number of ether oxygens (including phenoxy) is 1. The molecule has 0 unspecified atom stereocenters. The van der Waals surface area contributed by atoms with Gasteiger partial charge in [-0.15, -0.1) is 11.8 Å². The van der Waals surface area contributed by atoms with E-state index in [-0.39, 0.29) is 5.91 Å². The van der Waals surface area contributed by atoms with Crippen LogP contribution in [-0.2, 0) is 11.4 Å². The van der Waals surface area contributed by atoms with Crippen LogP contribution >= 0.6 is 35.0 Å². The molecular formula is C23H20Cl2N2O2S. The lowest BCUT2D eigenvalue weighted by Crippen LogP contribution is -2.17. The number of nitrogens with one attached hydrogen (secondary N) is 1. The summed E-state index contributed by atoms with van der Waals surface area (Å²) in [6.45, 7) is 0.467. The van der Waals surface area contributed by atoms with E-state index in [1.807, 2.05) is 72.8 Å². The van der Waals surface area contributed by atoms with Crippen molar-refractivity contribution >= 4 is 47.1 Å². The number of benzene rings is 3. The average Bonchev–Trinajstić information content (AvgIpc) is 2.76. The molecule has 4 nitrogen and oxygen atoms in total. The summed E-state index contributed by atoms with van der Waals surface area (Å²) in [4.78, 5) is 13.0. The molecule has 3 rings (SSSR count). The molecule has 30 heavy (non-hydrogen) atoms. The summed E-state index contributed by atoms with van der Waals surface area (Å²) in [6.07, 6.45) is 1.98. The Kier molecular flexibility index (Phi) is 8.63. The van der Waals surface area contributed by atoms with Gasteiger partial charge in [-0.3, -0.25) is 4.79 Å². The number of halogens is 2. The summed E-state index contributed by atoms with van der Waals surface area (Å²) in [6, 6.07) is 22.6. The van der Waals surface area contributed by atoms with E-state index in [9.17, 15) is 4.79 Å². The summed E-state index contributed by atoms with van der Waals surface area (Å²) >= 11 is 13.3. The molecule has 0 bridgehead atoms. The van der Waals surface area contributed by atoms with Crippen LogP contribution in [0.5, 0.6) is 5.75 Å². The average molecular weight is 459 g/mol. The van der Waals surface area contributed by atoms with Crippen molar-refractivity contribution in [2.24, 2.45) is 5.10 Å². The zero-order valence-corrected chi connectivity index (χ0v) is 18.4. The Morgan fingerprint density at radius 3 is 2.23 bits per heavy atom. The molecule has 3 aromatic carbocycles. The maximum atomic E-state index is 11.9. The molecule has 0 aromatic heterocycles. The van der Waals surface area contributed by atoms with Crippen LogP contribution in [0.4, 0.5) is 0 Å². The van der Waals surface area contributed by atoms with Crippen molar-refractivity contribution in [3.05, 3.63) is 94.0 Å². The molecule has 0 aliphatic carbocycles. The molecule has 0 spiro atoms. The third-order valence-corrected chi connectivity index (χ3v) is 5.53. The van der Waals surface area contributed by atoms with E-state index >= 15 is 0 Å². The van der Waals surface area contributed by atoms with Crippen LogP contribution in [0.3, 0.4) is 0 Å². The maximum absolute atomic E-state index is 11.9. The number of carbonyl (C=O) groups is 1. The number of carbonyl (C=O) groups excluding carboxylic acids is 1. The minimum Gasteiger partial charge on any atom is -0.489 e. The first-order chi connectivity index (χ1) is 14.6. The quantitative estimate of drug-likeness (QED) is 0.235. The number of rotatable bonds is 9.